The first kappa shape index (κ1) is 24.0. The van der Waals surface area contributed by atoms with Gasteiger partial charge in [-0.15, -0.1) is 0 Å². The van der Waals surface area contributed by atoms with E-state index in [1.165, 1.54) is 0 Å². The fourth-order valence-corrected chi connectivity index (χ4v) is 5.39. The maximum Gasteiger partial charge on any atom is 0.363 e. The maximum atomic E-state index is 13.1. The zero-order chi connectivity index (χ0) is 26.3. The molecule has 38 heavy (non-hydrogen) atoms. The number of nitrogens with zero attached hydrogens (tertiary/aromatic N) is 1. The molecule has 0 radical (unpaired) electrons. The molecule has 7 heteroatoms. The molecule has 2 aliphatic rings. The summed E-state index contributed by atoms with van der Waals surface area (Å²) in [4.78, 5) is 15.3. The fourth-order valence-electron chi connectivity index (χ4n) is 5.20. The minimum Gasteiger partial charge on any atom is -0.456 e. The van der Waals surface area contributed by atoms with Crippen molar-refractivity contribution in [3.05, 3.63) is 113 Å². The lowest BCUT2D eigenvalue weighted by molar-refractivity contribution is 0.0224. The molecule has 0 aliphatic carbocycles. The number of thiocarbonyl (C=S) groups is 1. The molecule has 2 heterocycles. The Morgan fingerprint density at radius 2 is 1.45 bits per heavy atom. The number of para-hydroxylation sites is 1. The third-order valence-corrected chi connectivity index (χ3v) is 7.11. The molecule has 0 saturated carbocycles. The van der Waals surface area contributed by atoms with Crippen LogP contribution in [0.25, 0.3) is 0 Å². The van der Waals surface area contributed by atoms with E-state index in [9.17, 15) is 4.79 Å². The van der Waals surface area contributed by atoms with Gasteiger partial charge in [0.05, 0.1) is 5.56 Å². The molecule has 4 aromatic carbocycles. The van der Waals surface area contributed by atoms with Gasteiger partial charge in [0.2, 0.25) is 0 Å². The van der Waals surface area contributed by atoms with Crippen LogP contribution in [0.1, 0.15) is 40.9 Å². The van der Waals surface area contributed by atoms with Gasteiger partial charge in [0.15, 0.2) is 5.60 Å². The quantitative estimate of drug-likeness (QED) is 0.210. The Balaban J connectivity index is 1.44. The van der Waals surface area contributed by atoms with E-state index >= 15 is 0 Å². The minimum atomic E-state index is -1.14. The van der Waals surface area contributed by atoms with Crippen molar-refractivity contribution < 1.29 is 23.7 Å². The van der Waals surface area contributed by atoms with E-state index in [0.717, 1.165) is 29.9 Å². The number of hydrogen-bond donors (Lipinski definition) is 0. The van der Waals surface area contributed by atoms with Gasteiger partial charge in [0, 0.05) is 59.8 Å². The lowest BCUT2D eigenvalue weighted by atomic mass is 9.77. The first-order valence-electron chi connectivity index (χ1n) is 12.5. The van der Waals surface area contributed by atoms with Crippen molar-refractivity contribution >= 4 is 29.1 Å². The van der Waals surface area contributed by atoms with E-state index in [1.54, 1.807) is 30.3 Å². The Morgan fingerprint density at radius 3 is 2.21 bits per heavy atom. The molecule has 0 aromatic heterocycles. The predicted octanol–water partition coefficient (Wildman–Crippen LogP) is 6.84. The number of carbonyl (C=O) groups excluding carboxylic acids is 1. The molecule has 0 fully saturated rings. The van der Waals surface area contributed by atoms with E-state index < -0.39 is 5.60 Å². The molecule has 4 aromatic rings. The summed E-state index contributed by atoms with van der Waals surface area (Å²) in [6, 6.07) is 28.1. The summed E-state index contributed by atoms with van der Waals surface area (Å²) in [6.07, 6.45) is 0. The minimum absolute atomic E-state index is 0.0384. The number of anilines is 1. The number of fused-ring (bicyclic) bond motifs is 6. The molecule has 1 spiro atoms. The molecule has 2 aliphatic heterocycles. The second-order valence-corrected chi connectivity index (χ2v) is 9.33. The normalized spacial score (nSPS) is 16.5. The summed E-state index contributed by atoms with van der Waals surface area (Å²) in [6.45, 7) is 5.93. The van der Waals surface area contributed by atoms with E-state index in [-0.39, 0.29) is 11.2 Å². The summed E-state index contributed by atoms with van der Waals surface area (Å²) >= 11 is 5.32. The Hall–Kier alpha value is -4.36. The summed E-state index contributed by atoms with van der Waals surface area (Å²) in [5.41, 5.74) is 2.68. The monoisotopic (exact) mass is 523 g/mol. The van der Waals surface area contributed by atoms with Crippen LogP contribution in [0.4, 0.5) is 5.69 Å². The predicted molar refractivity (Wildman–Crippen MR) is 149 cm³/mol. The fraction of sp³-hybridized carbons (Fsp3) is 0.161. The molecular weight excluding hydrogens is 498 g/mol. The zero-order valence-corrected chi connectivity index (χ0v) is 21.8. The molecule has 1 unspecified atom stereocenters. The van der Waals surface area contributed by atoms with Crippen molar-refractivity contribution in [1.29, 1.82) is 0 Å². The van der Waals surface area contributed by atoms with Crippen molar-refractivity contribution in [1.82, 2.24) is 0 Å². The van der Waals surface area contributed by atoms with E-state index in [4.69, 9.17) is 31.2 Å². The Morgan fingerprint density at radius 1 is 0.789 bits per heavy atom. The van der Waals surface area contributed by atoms with Crippen molar-refractivity contribution in [2.75, 3.05) is 18.0 Å². The lowest BCUT2D eigenvalue weighted by Crippen LogP contribution is -2.33. The van der Waals surface area contributed by atoms with E-state index in [2.05, 4.69) is 18.7 Å². The summed E-state index contributed by atoms with van der Waals surface area (Å²) in [5.74, 6) is 1.79. The number of benzene rings is 4. The van der Waals surface area contributed by atoms with Crippen LogP contribution in [0.3, 0.4) is 0 Å². The van der Waals surface area contributed by atoms with Gasteiger partial charge in [-0.1, -0.05) is 36.4 Å². The lowest BCUT2D eigenvalue weighted by Gasteiger charge is -2.37. The van der Waals surface area contributed by atoms with Crippen LogP contribution in [0.5, 0.6) is 23.0 Å². The Kier molecular flexibility index (Phi) is 6.00. The molecule has 1 atom stereocenters. The van der Waals surface area contributed by atoms with Crippen molar-refractivity contribution in [2.24, 2.45) is 0 Å². The Labute approximate surface area is 226 Å². The first-order chi connectivity index (χ1) is 18.5. The smallest absolute Gasteiger partial charge is 0.363 e. The molecular formula is C31H25NO5S. The van der Waals surface area contributed by atoms with Crippen molar-refractivity contribution in [3.8, 4) is 23.0 Å². The SMILES string of the molecule is CCN(CC)c1ccc2c(c1)Oc1cc(OC(=S)Oc3ccccc3)ccc1C21OC(=O)c2ccccc21. The number of ether oxygens (including phenoxy) is 4. The molecule has 0 bridgehead atoms. The molecule has 0 N–H and O–H groups in total. The molecule has 6 nitrogen and oxygen atoms in total. The van der Waals surface area contributed by atoms with Gasteiger partial charge < -0.3 is 23.8 Å². The first-order valence-corrected chi connectivity index (χ1v) is 12.9. The molecule has 0 amide bonds. The number of hydrogen-bond acceptors (Lipinski definition) is 7. The standard InChI is InChI=1S/C31H25NO5S/c1-3-32(4-2)20-14-16-25-27(18-20)36-28-19-22(35-30(38)34-21-10-6-5-7-11-21)15-17-26(28)31(25)24-13-9-8-12-23(24)29(33)37-31/h5-19H,3-4H2,1-2H3. The van der Waals surface area contributed by atoms with Gasteiger partial charge >= 0.3 is 11.2 Å². The Bertz CT molecular complexity index is 1550. The number of rotatable bonds is 5. The van der Waals surface area contributed by atoms with Crippen LogP contribution in [-0.2, 0) is 10.3 Å². The van der Waals surface area contributed by atoms with Gasteiger partial charge in [-0.25, -0.2) is 4.79 Å². The average molecular weight is 524 g/mol. The highest BCUT2D eigenvalue weighted by Gasteiger charge is 2.53. The topological polar surface area (TPSA) is 57.2 Å². The molecule has 6 rings (SSSR count). The molecule has 190 valence electrons. The van der Waals surface area contributed by atoms with Crippen LogP contribution in [-0.4, -0.2) is 24.3 Å². The van der Waals surface area contributed by atoms with Gasteiger partial charge in [0.25, 0.3) is 0 Å². The van der Waals surface area contributed by atoms with Crippen LogP contribution < -0.4 is 19.1 Å². The van der Waals surface area contributed by atoms with Crippen molar-refractivity contribution in [2.45, 2.75) is 19.4 Å². The second kappa shape index (κ2) is 9.50. The zero-order valence-electron chi connectivity index (χ0n) is 21.0. The average Bonchev–Trinajstić information content (AvgIpc) is 3.22. The number of esters is 1. The van der Waals surface area contributed by atoms with Gasteiger partial charge in [-0.2, -0.15) is 0 Å². The van der Waals surface area contributed by atoms with E-state index in [1.807, 2.05) is 60.7 Å². The van der Waals surface area contributed by atoms with Gasteiger partial charge in [0.1, 0.15) is 23.0 Å². The van der Waals surface area contributed by atoms with Crippen LogP contribution in [0, 0.1) is 0 Å². The summed E-state index contributed by atoms with van der Waals surface area (Å²) < 4.78 is 24.2. The summed E-state index contributed by atoms with van der Waals surface area (Å²) in [7, 11) is 0. The van der Waals surface area contributed by atoms with E-state index in [0.29, 0.717) is 34.1 Å². The highest BCUT2D eigenvalue weighted by Crippen LogP contribution is 2.57. The van der Waals surface area contributed by atoms with Crippen LogP contribution >= 0.6 is 12.2 Å². The second-order valence-electron chi connectivity index (χ2n) is 9.00. The van der Waals surface area contributed by atoms with Crippen LogP contribution in [0.15, 0.2) is 91.0 Å². The highest BCUT2D eigenvalue weighted by atomic mass is 32.1. The third-order valence-electron chi connectivity index (χ3n) is 6.94. The van der Waals surface area contributed by atoms with Gasteiger partial charge in [-0.3, -0.25) is 0 Å². The van der Waals surface area contributed by atoms with Gasteiger partial charge in [-0.05, 0) is 56.3 Å². The van der Waals surface area contributed by atoms with Crippen LogP contribution in [0.2, 0.25) is 0 Å². The maximum absolute atomic E-state index is 13.1. The summed E-state index contributed by atoms with van der Waals surface area (Å²) in [5, 5.41) is -0.0384. The molecule has 0 saturated heterocycles. The third kappa shape index (κ3) is 3.87. The number of carbonyl (C=O) groups is 1. The highest BCUT2D eigenvalue weighted by molar-refractivity contribution is 7.79. The largest absolute Gasteiger partial charge is 0.456 e. The van der Waals surface area contributed by atoms with Crippen molar-refractivity contribution in [3.63, 3.8) is 0 Å².